The molecule has 0 atom stereocenters. The molecule has 0 bridgehead atoms. The van der Waals surface area contributed by atoms with Crippen LogP contribution in [0.1, 0.15) is 11.1 Å². The van der Waals surface area contributed by atoms with Gasteiger partial charge in [0.05, 0.1) is 0 Å². The standard InChI is InChI=1S/C17H15N3O3/c21-15-18-16(22-11-13-7-3-1-4-8-13)20-17(19-15)23-12-14-9-5-2-6-10-14/h1-10H,11-12H2,(H,18,19,20,21). The van der Waals surface area contributed by atoms with Gasteiger partial charge in [-0.3, -0.25) is 4.98 Å². The second-order valence-corrected chi connectivity index (χ2v) is 4.79. The van der Waals surface area contributed by atoms with Crippen molar-refractivity contribution in [2.45, 2.75) is 13.2 Å². The molecule has 0 aliphatic rings. The minimum atomic E-state index is -0.564. The molecular formula is C17H15N3O3. The van der Waals surface area contributed by atoms with E-state index in [9.17, 15) is 4.79 Å². The minimum Gasteiger partial charge on any atom is -0.460 e. The summed E-state index contributed by atoms with van der Waals surface area (Å²) in [5.41, 5.74) is 1.37. The van der Waals surface area contributed by atoms with Gasteiger partial charge in [-0.25, -0.2) is 4.79 Å². The van der Waals surface area contributed by atoms with Gasteiger partial charge in [0.2, 0.25) is 0 Å². The van der Waals surface area contributed by atoms with Crippen molar-refractivity contribution in [1.29, 1.82) is 0 Å². The van der Waals surface area contributed by atoms with Crippen LogP contribution in [0.2, 0.25) is 0 Å². The van der Waals surface area contributed by atoms with Gasteiger partial charge in [0.1, 0.15) is 13.2 Å². The van der Waals surface area contributed by atoms with Gasteiger partial charge in [-0.05, 0) is 11.1 Å². The second-order valence-electron chi connectivity index (χ2n) is 4.79. The van der Waals surface area contributed by atoms with Gasteiger partial charge in [-0.15, -0.1) is 9.97 Å². The average Bonchev–Trinajstić information content (AvgIpc) is 2.60. The van der Waals surface area contributed by atoms with E-state index < -0.39 is 5.69 Å². The van der Waals surface area contributed by atoms with Gasteiger partial charge < -0.3 is 9.47 Å². The van der Waals surface area contributed by atoms with E-state index in [0.717, 1.165) is 11.1 Å². The molecule has 0 aliphatic carbocycles. The Bertz CT molecular complexity index is 739. The Morgan fingerprint density at radius 1 is 0.783 bits per heavy atom. The number of H-pyrrole nitrogens is 1. The molecule has 2 aromatic carbocycles. The first-order valence-corrected chi connectivity index (χ1v) is 7.11. The summed E-state index contributed by atoms with van der Waals surface area (Å²) in [5.74, 6) is 0. The van der Waals surface area contributed by atoms with E-state index in [0.29, 0.717) is 6.61 Å². The Kier molecular flexibility index (Phi) is 4.63. The maximum absolute atomic E-state index is 11.6. The molecule has 1 N–H and O–H groups in total. The highest BCUT2D eigenvalue weighted by Crippen LogP contribution is 2.09. The van der Waals surface area contributed by atoms with Crippen LogP contribution in [-0.2, 0) is 13.2 Å². The van der Waals surface area contributed by atoms with Gasteiger partial charge in [0, 0.05) is 0 Å². The normalized spacial score (nSPS) is 10.3. The summed E-state index contributed by atoms with van der Waals surface area (Å²) in [4.78, 5) is 21.7. The quantitative estimate of drug-likeness (QED) is 0.756. The number of benzene rings is 2. The fraction of sp³-hybridized carbons (Fsp3) is 0.118. The Hall–Kier alpha value is -3.15. The van der Waals surface area contributed by atoms with Crippen LogP contribution >= 0.6 is 0 Å². The van der Waals surface area contributed by atoms with E-state index in [4.69, 9.17) is 9.47 Å². The van der Waals surface area contributed by atoms with Crippen molar-refractivity contribution in [2.75, 3.05) is 0 Å². The van der Waals surface area contributed by atoms with Gasteiger partial charge in [0.15, 0.2) is 0 Å². The SMILES string of the molecule is O=c1nc(OCc2ccccc2)nc(OCc2ccccc2)[nH]1. The number of nitrogens with one attached hydrogen (secondary N) is 1. The van der Waals surface area contributed by atoms with E-state index >= 15 is 0 Å². The first-order valence-electron chi connectivity index (χ1n) is 7.11. The molecule has 0 saturated carbocycles. The van der Waals surface area contributed by atoms with E-state index in [1.54, 1.807) is 0 Å². The minimum absolute atomic E-state index is 0.0133. The Morgan fingerprint density at radius 3 is 1.96 bits per heavy atom. The zero-order chi connectivity index (χ0) is 15.9. The van der Waals surface area contributed by atoms with Crippen molar-refractivity contribution in [3.05, 3.63) is 82.3 Å². The molecule has 6 heteroatoms. The van der Waals surface area contributed by atoms with Crippen LogP contribution in [0.4, 0.5) is 0 Å². The Labute approximate surface area is 132 Å². The summed E-state index contributed by atoms with van der Waals surface area (Å²) in [6.07, 6.45) is 0. The van der Waals surface area contributed by atoms with Crippen LogP contribution in [0.25, 0.3) is 0 Å². The molecular weight excluding hydrogens is 294 g/mol. The molecule has 0 amide bonds. The van der Waals surface area contributed by atoms with Crippen LogP contribution in [0.5, 0.6) is 12.0 Å². The van der Waals surface area contributed by atoms with E-state index in [-0.39, 0.29) is 18.6 Å². The number of nitrogens with zero attached hydrogens (tertiary/aromatic N) is 2. The number of ether oxygens (including phenoxy) is 2. The van der Waals surface area contributed by atoms with Crippen LogP contribution in [0.3, 0.4) is 0 Å². The lowest BCUT2D eigenvalue weighted by Gasteiger charge is -2.07. The third-order valence-electron chi connectivity index (χ3n) is 3.04. The molecule has 0 saturated heterocycles. The summed E-state index contributed by atoms with van der Waals surface area (Å²) in [6, 6.07) is 19.2. The molecule has 3 rings (SSSR count). The molecule has 3 aromatic rings. The number of rotatable bonds is 6. The molecule has 0 spiro atoms. The molecule has 6 nitrogen and oxygen atoms in total. The average molecular weight is 309 g/mol. The molecule has 116 valence electrons. The highest BCUT2D eigenvalue weighted by Gasteiger charge is 2.06. The topological polar surface area (TPSA) is 77.1 Å². The fourth-order valence-electron chi connectivity index (χ4n) is 1.93. The first kappa shape index (κ1) is 14.8. The highest BCUT2D eigenvalue weighted by atomic mass is 16.5. The largest absolute Gasteiger partial charge is 0.460 e. The molecule has 1 heterocycles. The lowest BCUT2D eigenvalue weighted by Crippen LogP contribution is -2.16. The summed E-state index contributed by atoms with van der Waals surface area (Å²) in [6.45, 7) is 0.578. The van der Waals surface area contributed by atoms with Crippen LogP contribution in [-0.4, -0.2) is 15.0 Å². The van der Waals surface area contributed by atoms with Crippen molar-refractivity contribution in [3.8, 4) is 12.0 Å². The zero-order valence-corrected chi connectivity index (χ0v) is 12.3. The van der Waals surface area contributed by atoms with Crippen molar-refractivity contribution in [2.24, 2.45) is 0 Å². The number of aromatic amines is 1. The number of aromatic nitrogens is 3. The predicted molar refractivity (Wildman–Crippen MR) is 84.2 cm³/mol. The van der Waals surface area contributed by atoms with Crippen molar-refractivity contribution >= 4 is 0 Å². The van der Waals surface area contributed by atoms with E-state index in [1.165, 1.54) is 0 Å². The smallest absolute Gasteiger partial charge is 0.353 e. The lowest BCUT2D eigenvalue weighted by molar-refractivity contribution is 0.247. The van der Waals surface area contributed by atoms with Crippen molar-refractivity contribution in [3.63, 3.8) is 0 Å². The highest BCUT2D eigenvalue weighted by molar-refractivity contribution is 5.15. The molecule has 0 unspecified atom stereocenters. The van der Waals surface area contributed by atoms with Gasteiger partial charge in [-0.2, -0.15) is 0 Å². The zero-order valence-electron chi connectivity index (χ0n) is 12.3. The third kappa shape index (κ3) is 4.41. The van der Waals surface area contributed by atoms with Crippen molar-refractivity contribution < 1.29 is 9.47 Å². The maximum Gasteiger partial charge on any atom is 0.353 e. The monoisotopic (exact) mass is 309 g/mol. The predicted octanol–water partition coefficient (Wildman–Crippen LogP) is 2.32. The van der Waals surface area contributed by atoms with Crippen LogP contribution in [0.15, 0.2) is 65.5 Å². The second kappa shape index (κ2) is 7.22. The summed E-state index contributed by atoms with van der Waals surface area (Å²) >= 11 is 0. The number of hydrogen-bond acceptors (Lipinski definition) is 5. The Morgan fingerprint density at radius 2 is 1.35 bits per heavy atom. The maximum atomic E-state index is 11.6. The van der Waals surface area contributed by atoms with Crippen LogP contribution in [0, 0.1) is 0 Å². The molecule has 0 fully saturated rings. The van der Waals surface area contributed by atoms with Crippen LogP contribution < -0.4 is 15.2 Å². The third-order valence-corrected chi connectivity index (χ3v) is 3.04. The molecule has 1 aromatic heterocycles. The van der Waals surface area contributed by atoms with Gasteiger partial charge in [0.25, 0.3) is 0 Å². The Balaban J connectivity index is 1.65. The molecule has 0 aliphatic heterocycles. The van der Waals surface area contributed by atoms with Crippen molar-refractivity contribution in [1.82, 2.24) is 15.0 Å². The fourth-order valence-corrected chi connectivity index (χ4v) is 1.93. The van der Waals surface area contributed by atoms with E-state index in [1.807, 2.05) is 60.7 Å². The molecule has 0 radical (unpaired) electrons. The summed E-state index contributed by atoms with van der Waals surface area (Å²) < 4.78 is 10.9. The lowest BCUT2D eigenvalue weighted by atomic mass is 10.2. The summed E-state index contributed by atoms with van der Waals surface area (Å²) in [5, 5.41) is 0. The van der Waals surface area contributed by atoms with Gasteiger partial charge in [-0.1, -0.05) is 60.7 Å². The summed E-state index contributed by atoms with van der Waals surface area (Å²) in [7, 11) is 0. The first-order chi connectivity index (χ1) is 11.3. The molecule has 23 heavy (non-hydrogen) atoms. The van der Waals surface area contributed by atoms with Gasteiger partial charge >= 0.3 is 17.7 Å². The van der Waals surface area contributed by atoms with E-state index in [2.05, 4.69) is 15.0 Å². The number of hydrogen-bond donors (Lipinski definition) is 1.